The van der Waals surface area contributed by atoms with Crippen molar-refractivity contribution in [3.8, 4) is 5.75 Å². The first-order valence-electron chi connectivity index (χ1n) is 6.66. The Morgan fingerprint density at radius 3 is 2.43 bits per heavy atom. The van der Waals surface area contributed by atoms with Crippen LogP contribution in [0.15, 0.2) is 29.2 Å². The third-order valence-corrected chi connectivity index (χ3v) is 5.04. The lowest BCUT2D eigenvalue weighted by Gasteiger charge is -2.23. The summed E-state index contributed by atoms with van der Waals surface area (Å²) in [6.07, 6.45) is 2.48. The van der Waals surface area contributed by atoms with E-state index >= 15 is 0 Å². The number of carboxylic acid groups (broad SMARTS) is 1. The number of benzene rings is 1. The van der Waals surface area contributed by atoms with Crippen LogP contribution in [0.4, 0.5) is 0 Å². The van der Waals surface area contributed by atoms with Crippen LogP contribution in [0.2, 0.25) is 0 Å². The maximum Gasteiger partial charge on any atom is 0.324 e. The van der Waals surface area contributed by atoms with Gasteiger partial charge in [0.15, 0.2) is 9.84 Å². The molecule has 116 valence electrons. The molecule has 1 aromatic carbocycles. The van der Waals surface area contributed by atoms with Gasteiger partial charge in [-0.05, 0) is 44.2 Å². The fourth-order valence-corrected chi connectivity index (χ4v) is 3.22. The van der Waals surface area contributed by atoms with Crippen LogP contribution in [-0.4, -0.2) is 44.4 Å². The Morgan fingerprint density at radius 2 is 2.00 bits per heavy atom. The quantitative estimate of drug-likeness (QED) is 0.844. The number of ether oxygens (including phenoxy) is 1. The van der Waals surface area contributed by atoms with Gasteiger partial charge in [-0.3, -0.25) is 4.79 Å². The Hall–Kier alpha value is -1.60. The Kier molecular flexibility index (Phi) is 4.25. The van der Waals surface area contributed by atoms with E-state index in [1.165, 1.54) is 12.1 Å². The molecule has 2 rings (SSSR count). The molecule has 1 aliphatic carbocycles. The fourth-order valence-electron chi connectivity index (χ4n) is 2.59. The lowest BCUT2D eigenvalue weighted by atomic mass is 9.98. The van der Waals surface area contributed by atoms with Crippen molar-refractivity contribution in [3.63, 3.8) is 0 Å². The van der Waals surface area contributed by atoms with E-state index in [1.54, 1.807) is 19.2 Å². The molecule has 2 N–H and O–H groups in total. The van der Waals surface area contributed by atoms with Crippen LogP contribution in [0.1, 0.15) is 19.3 Å². The summed E-state index contributed by atoms with van der Waals surface area (Å²) in [5.41, 5.74) is -0.933. The molecular weight excluding hydrogens is 294 g/mol. The SMILES string of the molecule is CNC1(C(=O)O)CCC(Oc2ccc(S(C)(=O)=O)cc2)C1. The second kappa shape index (κ2) is 5.65. The van der Waals surface area contributed by atoms with E-state index in [0.717, 1.165) is 6.26 Å². The number of rotatable bonds is 5. The molecule has 0 saturated heterocycles. The summed E-state index contributed by atoms with van der Waals surface area (Å²) in [6, 6.07) is 6.16. The van der Waals surface area contributed by atoms with E-state index in [2.05, 4.69) is 5.32 Å². The van der Waals surface area contributed by atoms with Crippen molar-refractivity contribution in [3.05, 3.63) is 24.3 Å². The van der Waals surface area contributed by atoms with Crippen LogP contribution in [0.3, 0.4) is 0 Å². The minimum atomic E-state index is -3.22. The number of hydrogen-bond acceptors (Lipinski definition) is 5. The average Bonchev–Trinajstić information content (AvgIpc) is 2.83. The predicted octanol–water partition coefficient (Wildman–Crippen LogP) is 1.06. The minimum Gasteiger partial charge on any atom is -0.490 e. The zero-order valence-electron chi connectivity index (χ0n) is 12.0. The highest BCUT2D eigenvalue weighted by atomic mass is 32.2. The monoisotopic (exact) mass is 313 g/mol. The maximum atomic E-state index is 11.4. The number of aliphatic carboxylic acids is 1. The maximum absolute atomic E-state index is 11.4. The van der Waals surface area contributed by atoms with Crippen molar-refractivity contribution < 1.29 is 23.1 Å². The molecule has 1 saturated carbocycles. The molecule has 0 bridgehead atoms. The van der Waals surface area contributed by atoms with E-state index in [4.69, 9.17) is 4.74 Å². The molecule has 7 heteroatoms. The third kappa shape index (κ3) is 3.36. The van der Waals surface area contributed by atoms with Crippen molar-refractivity contribution in [2.24, 2.45) is 0 Å². The Morgan fingerprint density at radius 1 is 1.38 bits per heavy atom. The summed E-state index contributed by atoms with van der Waals surface area (Å²) in [5, 5.41) is 12.2. The van der Waals surface area contributed by atoms with Gasteiger partial charge in [-0.15, -0.1) is 0 Å². The summed E-state index contributed by atoms with van der Waals surface area (Å²) in [4.78, 5) is 11.6. The molecule has 0 aliphatic heterocycles. The van der Waals surface area contributed by atoms with Crippen molar-refractivity contribution in [1.82, 2.24) is 5.32 Å². The second-order valence-corrected chi connectivity index (χ2v) is 7.38. The highest BCUT2D eigenvalue weighted by Gasteiger charge is 2.45. The summed E-state index contributed by atoms with van der Waals surface area (Å²) < 4.78 is 28.5. The van der Waals surface area contributed by atoms with Crippen LogP contribution in [0.5, 0.6) is 5.75 Å². The second-order valence-electron chi connectivity index (χ2n) is 5.36. The van der Waals surface area contributed by atoms with Crippen LogP contribution < -0.4 is 10.1 Å². The van der Waals surface area contributed by atoms with Gasteiger partial charge in [-0.2, -0.15) is 0 Å². The summed E-state index contributed by atoms with van der Waals surface area (Å²) in [5.74, 6) is -0.326. The number of sulfone groups is 1. The number of carboxylic acids is 1. The fraction of sp³-hybridized carbons (Fsp3) is 0.500. The van der Waals surface area contributed by atoms with E-state index in [0.29, 0.717) is 25.0 Å². The minimum absolute atomic E-state index is 0.197. The average molecular weight is 313 g/mol. The zero-order chi connectivity index (χ0) is 15.7. The molecule has 0 aromatic heterocycles. The molecule has 0 spiro atoms. The van der Waals surface area contributed by atoms with Gasteiger partial charge in [0, 0.05) is 12.7 Å². The zero-order valence-corrected chi connectivity index (χ0v) is 12.8. The van der Waals surface area contributed by atoms with Gasteiger partial charge >= 0.3 is 5.97 Å². The first-order chi connectivity index (χ1) is 9.77. The summed E-state index contributed by atoms with van der Waals surface area (Å²) in [6.45, 7) is 0. The molecule has 1 aromatic rings. The molecule has 0 radical (unpaired) electrons. The number of carbonyl (C=O) groups is 1. The van der Waals surface area contributed by atoms with Gasteiger partial charge in [0.2, 0.25) is 0 Å². The molecular formula is C14H19NO5S. The molecule has 6 nitrogen and oxygen atoms in total. The van der Waals surface area contributed by atoms with Gasteiger partial charge in [-0.25, -0.2) is 8.42 Å². The lowest BCUT2D eigenvalue weighted by Crippen LogP contribution is -2.48. The topological polar surface area (TPSA) is 92.7 Å². The number of hydrogen-bond donors (Lipinski definition) is 2. The van der Waals surface area contributed by atoms with Gasteiger partial charge in [0.1, 0.15) is 17.4 Å². The van der Waals surface area contributed by atoms with Gasteiger partial charge in [0.25, 0.3) is 0 Å². The molecule has 2 unspecified atom stereocenters. The smallest absolute Gasteiger partial charge is 0.324 e. The highest BCUT2D eigenvalue weighted by molar-refractivity contribution is 7.90. The van der Waals surface area contributed by atoms with Crippen molar-refractivity contribution >= 4 is 15.8 Å². The van der Waals surface area contributed by atoms with Crippen LogP contribution in [-0.2, 0) is 14.6 Å². The van der Waals surface area contributed by atoms with Gasteiger partial charge in [0.05, 0.1) is 4.90 Å². The van der Waals surface area contributed by atoms with Crippen molar-refractivity contribution in [1.29, 1.82) is 0 Å². The van der Waals surface area contributed by atoms with Crippen molar-refractivity contribution in [2.45, 2.75) is 35.8 Å². The molecule has 0 amide bonds. The first-order valence-corrected chi connectivity index (χ1v) is 8.55. The Balaban J connectivity index is 2.05. The standard InChI is InChI=1S/C14H19NO5S/c1-15-14(13(16)17)8-7-11(9-14)20-10-3-5-12(6-4-10)21(2,18)19/h3-6,11,15H,7-9H2,1-2H3,(H,16,17). The largest absolute Gasteiger partial charge is 0.490 e. The van der Waals surface area contributed by atoms with Crippen molar-refractivity contribution in [2.75, 3.05) is 13.3 Å². The van der Waals surface area contributed by atoms with E-state index in [-0.39, 0.29) is 11.0 Å². The molecule has 0 heterocycles. The van der Waals surface area contributed by atoms with Gasteiger partial charge < -0.3 is 15.2 Å². The first kappa shape index (κ1) is 15.8. The molecule has 1 aliphatic rings. The van der Waals surface area contributed by atoms with E-state index in [9.17, 15) is 18.3 Å². The number of likely N-dealkylation sites (N-methyl/N-ethyl adjacent to an activating group) is 1. The van der Waals surface area contributed by atoms with Crippen LogP contribution >= 0.6 is 0 Å². The Labute approximate surface area is 124 Å². The highest BCUT2D eigenvalue weighted by Crippen LogP contribution is 2.33. The molecule has 21 heavy (non-hydrogen) atoms. The predicted molar refractivity (Wildman–Crippen MR) is 77.2 cm³/mol. The number of nitrogens with one attached hydrogen (secondary N) is 1. The normalized spacial score (nSPS) is 25.7. The van der Waals surface area contributed by atoms with Gasteiger partial charge in [-0.1, -0.05) is 0 Å². The summed E-state index contributed by atoms with van der Waals surface area (Å²) in [7, 11) is -1.59. The molecule has 2 atom stereocenters. The van der Waals surface area contributed by atoms with Crippen LogP contribution in [0, 0.1) is 0 Å². The summed E-state index contributed by atoms with van der Waals surface area (Å²) >= 11 is 0. The third-order valence-electron chi connectivity index (χ3n) is 3.91. The Bertz CT molecular complexity index is 625. The lowest BCUT2D eigenvalue weighted by molar-refractivity contribution is -0.144. The van der Waals surface area contributed by atoms with E-state index in [1.807, 2.05) is 0 Å². The molecule has 1 fully saturated rings. The van der Waals surface area contributed by atoms with E-state index < -0.39 is 21.3 Å². The van der Waals surface area contributed by atoms with Crippen LogP contribution in [0.25, 0.3) is 0 Å².